The molecule has 0 aliphatic rings. The summed E-state index contributed by atoms with van der Waals surface area (Å²) < 4.78 is 5.04. The molecular weight excluding hydrogens is 278 g/mol. The van der Waals surface area contributed by atoms with Crippen LogP contribution in [0.4, 0.5) is 5.69 Å². The number of carbonyl (C=O) groups excluding carboxylic acids is 1. The van der Waals surface area contributed by atoms with Gasteiger partial charge in [0.1, 0.15) is 5.75 Å². The summed E-state index contributed by atoms with van der Waals surface area (Å²) in [4.78, 5) is 24.8. The maximum absolute atomic E-state index is 12.1. The highest BCUT2D eigenvalue weighted by atomic mass is 32.1. The Morgan fingerprint density at radius 3 is 2.55 bits per heavy atom. The lowest BCUT2D eigenvalue weighted by Gasteiger charge is -2.09. The van der Waals surface area contributed by atoms with Crippen molar-refractivity contribution in [1.82, 2.24) is 0 Å². The first-order valence-electron chi connectivity index (χ1n) is 5.80. The van der Waals surface area contributed by atoms with Crippen molar-refractivity contribution in [1.29, 1.82) is 0 Å². The molecule has 1 amide bonds. The monoisotopic (exact) mass is 291 g/mol. The quantitative estimate of drug-likeness (QED) is 0.908. The maximum Gasteiger partial charge on any atom is 0.337 e. The second-order valence-electron chi connectivity index (χ2n) is 4.08. The molecule has 2 N–H and O–H groups in total. The minimum Gasteiger partial charge on any atom is -0.497 e. The molecular formula is C14H13NO4S. The van der Waals surface area contributed by atoms with Gasteiger partial charge in [-0.1, -0.05) is 0 Å². The molecule has 104 valence electrons. The van der Waals surface area contributed by atoms with Gasteiger partial charge < -0.3 is 15.2 Å². The topological polar surface area (TPSA) is 75.6 Å². The molecule has 0 radical (unpaired) electrons. The van der Waals surface area contributed by atoms with E-state index in [4.69, 9.17) is 9.84 Å². The number of carboxylic acids is 1. The third-order valence-corrected chi connectivity index (χ3v) is 3.67. The first kappa shape index (κ1) is 14.1. The van der Waals surface area contributed by atoms with Crippen LogP contribution in [0, 0.1) is 6.92 Å². The average molecular weight is 291 g/mol. The van der Waals surface area contributed by atoms with E-state index in [-0.39, 0.29) is 17.2 Å². The summed E-state index contributed by atoms with van der Waals surface area (Å²) in [6.45, 7) is 1.90. The number of hydrogen-bond acceptors (Lipinski definition) is 4. The van der Waals surface area contributed by atoms with Gasteiger partial charge in [-0.05, 0) is 31.2 Å². The van der Waals surface area contributed by atoms with E-state index >= 15 is 0 Å². The molecule has 1 heterocycles. The van der Waals surface area contributed by atoms with Crippen molar-refractivity contribution in [3.05, 3.63) is 45.6 Å². The van der Waals surface area contributed by atoms with Crippen LogP contribution in [0.3, 0.4) is 0 Å². The SMILES string of the molecule is COc1ccc(C(=O)O)c(NC(=O)c2ccc(C)s2)c1. The van der Waals surface area contributed by atoms with Gasteiger partial charge in [0.05, 0.1) is 23.2 Å². The Balaban J connectivity index is 2.31. The van der Waals surface area contributed by atoms with Crippen LogP contribution in [-0.2, 0) is 0 Å². The standard InChI is InChI=1S/C14H13NO4S/c1-8-3-6-12(20-8)13(16)15-11-7-9(19-2)4-5-10(11)14(17)18/h3-7H,1-2H3,(H,15,16)(H,17,18). The number of ether oxygens (including phenoxy) is 1. The van der Waals surface area contributed by atoms with E-state index in [0.717, 1.165) is 4.88 Å². The van der Waals surface area contributed by atoms with Crippen molar-refractivity contribution in [2.24, 2.45) is 0 Å². The van der Waals surface area contributed by atoms with Gasteiger partial charge in [0.15, 0.2) is 0 Å². The molecule has 0 saturated heterocycles. The molecule has 0 aliphatic heterocycles. The van der Waals surface area contributed by atoms with E-state index in [2.05, 4.69) is 5.32 Å². The van der Waals surface area contributed by atoms with E-state index in [1.807, 2.05) is 13.0 Å². The van der Waals surface area contributed by atoms with Crippen LogP contribution in [0.15, 0.2) is 30.3 Å². The number of benzene rings is 1. The Labute approximate surface area is 119 Å². The van der Waals surface area contributed by atoms with Gasteiger partial charge in [0.2, 0.25) is 0 Å². The molecule has 6 heteroatoms. The number of methoxy groups -OCH3 is 1. The highest BCUT2D eigenvalue weighted by molar-refractivity contribution is 7.14. The Kier molecular flexibility index (Phi) is 4.05. The fourth-order valence-corrected chi connectivity index (χ4v) is 2.44. The van der Waals surface area contributed by atoms with Crippen LogP contribution >= 0.6 is 11.3 Å². The summed E-state index contributed by atoms with van der Waals surface area (Å²) in [6, 6.07) is 7.96. The maximum atomic E-state index is 12.1. The number of carboxylic acid groups (broad SMARTS) is 1. The summed E-state index contributed by atoms with van der Waals surface area (Å²) in [7, 11) is 1.48. The van der Waals surface area contributed by atoms with Crippen LogP contribution < -0.4 is 10.1 Å². The molecule has 1 aromatic carbocycles. The molecule has 0 atom stereocenters. The predicted octanol–water partition coefficient (Wildman–Crippen LogP) is 3.02. The normalized spacial score (nSPS) is 10.1. The Bertz CT molecular complexity index is 663. The number of amides is 1. The second kappa shape index (κ2) is 5.75. The smallest absolute Gasteiger partial charge is 0.337 e. The zero-order chi connectivity index (χ0) is 14.7. The van der Waals surface area contributed by atoms with Crippen molar-refractivity contribution < 1.29 is 19.4 Å². The van der Waals surface area contributed by atoms with E-state index < -0.39 is 5.97 Å². The Morgan fingerprint density at radius 2 is 2.00 bits per heavy atom. The number of hydrogen-bond donors (Lipinski definition) is 2. The fourth-order valence-electron chi connectivity index (χ4n) is 1.68. The molecule has 5 nitrogen and oxygen atoms in total. The van der Waals surface area contributed by atoms with E-state index in [1.165, 1.54) is 36.6 Å². The van der Waals surface area contributed by atoms with Crippen molar-refractivity contribution in [3.8, 4) is 5.75 Å². The van der Waals surface area contributed by atoms with Gasteiger partial charge in [-0.3, -0.25) is 4.79 Å². The minimum atomic E-state index is -1.11. The number of nitrogens with one attached hydrogen (secondary N) is 1. The van der Waals surface area contributed by atoms with E-state index in [0.29, 0.717) is 10.6 Å². The number of rotatable bonds is 4. The van der Waals surface area contributed by atoms with Gasteiger partial charge in [-0.25, -0.2) is 4.79 Å². The van der Waals surface area contributed by atoms with Crippen molar-refractivity contribution >= 4 is 28.9 Å². The van der Waals surface area contributed by atoms with Crippen molar-refractivity contribution in [3.63, 3.8) is 0 Å². The number of carbonyl (C=O) groups is 2. The van der Waals surface area contributed by atoms with Gasteiger partial charge in [-0.2, -0.15) is 0 Å². The Morgan fingerprint density at radius 1 is 1.25 bits per heavy atom. The first-order valence-corrected chi connectivity index (χ1v) is 6.62. The molecule has 20 heavy (non-hydrogen) atoms. The molecule has 2 aromatic rings. The van der Waals surface area contributed by atoms with Gasteiger partial charge in [0.25, 0.3) is 5.91 Å². The van der Waals surface area contributed by atoms with Crippen LogP contribution in [0.5, 0.6) is 5.75 Å². The van der Waals surface area contributed by atoms with E-state index in [1.54, 1.807) is 6.07 Å². The molecule has 0 saturated carbocycles. The lowest BCUT2D eigenvalue weighted by molar-refractivity contribution is 0.0698. The second-order valence-corrected chi connectivity index (χ2v) is 5.37. The molecule has 0 spiro atoms. The van der Waals surface area contributed by atoms with Gasteiger partial charge in [-0.15, -0.1) is 11.3 Å². The highest BCUT2D eigenvalue weighted by Crippen LogP contribution is 2.24. The summed E-state index contributed by atoms with van der Waals surface area (Å²) >= 11 is 1.35. The average Bonchev–Trinajstić information content (AvgIpc) is 2.85. The third kappa shape index (κ3) is 2.97. The number of aromatic carboxylic acids is 1. The van der Waals surface area contributed by atoms with Gasteiger partial charge in [0, 0.05) is 10.9 Å². The molecule has 0 aliphatic carbocycles. The number of thiophene rings is 1. The van der Waals surface area contributed by atoms with Crippen LogP contribution in [0.25, 0.3) is 0 Å². The predicted molar refractivity (Wildman–Crippen MR) is 77.0 cm³/mol. The van der Waals surface area contributed by atoms with Crippen molar-refractivity contribution in [2.75, 3.05) is 12.4 Å². The zero-order valence-corrected chi connectivity index (χ0v) is 11.8. The van der Waals surface area contributed by atoms with Gasteiger partial charge >= 0.3 is 5.97 Å². The summed E-state index contributed by atoms with van der Waals surface area (Å²) in [6.07, 6.45) is 0. The highest BCUT2D eigenvalue weighted by Gasteiger charge is 2.15. The summed E-state index contributed by atoms with van der Waals surface area (Å²) in [5.74, 6) is -0.961. The molecule has 0 fully saturated rings. The van der Waals surface area contributed by atoms with Crippen molar-refractivity contribution in [2.45, 2.75) is 6.92 Å². The molecule has 0 bridgehead atoms. The van der Waals surface area contributed by atoms with Crippen LogP contribution in [0.1, 0.15) is 24.9 Å². The first-order chi connectivity index (χ1) is 9.51. The Hall–Kier alpha value is -2.34. The minimum absolute atomic E-state index is 0.0208. The largest absolute Gasteiger partial charge is 0.497 e. The lowest BCUT2D eigenvalue weighted by Crippen LogP contribution is -2.13. The number of aryl methyl sites for hydroxylation is 1. The number of anilines is 1. The zero-order valence-electron chi connectivity index (χ0n) is 11.0. The van der Waals surface area contributed by atoms with Crippen LogP contribution in [-0.4, -0.2) is 24.1 Å². The molecule has 1 aromatic heterocycles. The lowest BCUT2D eigenvalue weighted by atomic mass is 10.1. The summed E-state index contributed by atoms with van der Waals surface area (Å²) in [5, 5.41) is 11.7. The summed E-state index contributed by atoms with van der Waals surface area (Å²) in [5.41, 5.74) is 0.236. The third-order valence-electron chi connectivity index (χ3n) is 2.67. The van der Waals surface area contributed by atoms with Crippen LogP contribution in [0.2, 0.25) is 0 Å². The molecule has 0 unspecified atom stereocenters. The fraction of sp³-hybridized carbons (Fsp3) is 0.143. The van der Waals surface area contributed by atoms with E-state index in [9.17, 15) is 9.59 Å². The molecule has 2 rings (SSSR count).